The summed E-state index contributed by atoms with van der Waals surface area (Å²) in [5.74, 6) is 0. The number of carbonyl (C=O) groups excluding carboxylic acids is 1. The molecule has 8 heteroatoms. The molecule has 7 nitrogen and oxygen atoms in total. The summed E-state index contributed by atoms with van der Waals surface area (Å²) in [5.41, 5.74) is 0. The summed E-state index contributed by atoms with van der Waals surface area (Å²) in [4.78, 5) is 10.6. The van der Waals surface area contributed by atoms with Crippen LogP contribution in [0.2, 0.25) is 0 Å². The van der Waals surface area contributed by atoms with Gasteiger partial charge in [-0.25, -0.2) is 9.52 Å². The normalized spacial score (nSPS) is 21.9. The van der Waals surface area contributed by atoms with Crippen LogP contribution in [0.25, 0.3) is 0 Å². The Morgan fingerprint density at radius 2 is 2.29 bits per heavy atom. The molecule has 1 aliphatic rings. The van der Waals surface area contributed by atoms with E-state index < -0.39 is 16.3 Å². The van der Waals surface area contributed by atoms with E-state index in [1.54, 1.807) is 4.72 Å². The first-order valence-corrected chi connectivity index (χ1v) is 5.60. The minimum absolute atomic E-state index is 0.169. The molecule has 1 aliphatic heterocycles. The highest BCUT2D eigenvalue weighted by Gasteiger charge is 2.22. The molecule has 0 radical (unpaired) electrons. The fraction of sp³-hybridized carbons (Fsp3) is 0.833. The summed E-state index contributed by atoms with van der Waals surface area (Å²) in [6.45, 7) is 1.34. The van der Waals surface area contributed by atoms with Gasteiger partial charge in [0.15, 0.2) is 0 Å². The van der Waals surface area contributed by atoms with Crippen molar-refractivity contribution in [1.29, 1.82) is 0 Å². The number of nitrogens with one attached hydrogen (secondary N) is 3. The lowest BCUT2D eigenvalue weighted by atomic mass is 10.3. The highest BCUT2D eigenvalue weighted by atomic mass is 32.2. The third kappa shape index (κ3) is 3.48. The van der Waals surface area contributed by atoms with Crippen molar-refractivity contribution in [2.75, 3.05) is 20.2 Å². The molecule has 1 atom stereocenters. The quantitative estimate of drug-likeness (QED) is 0.543. The summed E-state index contributed by atoms with van der Waals surface area (Å²) < 4.78 is 30.6. The second kappa shape index (κ2) is 4.58. The Morgan fingerprint density at radius 1 is 1.57 bits per heavy atom. The molecule has 1 fully saturated rings. The van der Waals surface area contributed by atoms with Crippen LogP contribution in [0.15, 0.2) is 0 Å². The van der Waals surface area contributed by atoms with Gasteiger partial charge < -0.3 is 10.1 Å². The minimum Gasteiger partial charge on any atom is -0.452 e. The Bertz CT molecular complexity index is 296. The molecule has 1 saturated heterocycles. The molecule has 14 heavy (non-hydrogen) atoms. The van der Waals surface area contributed by atoms with Crippen molar-refractivity contribution < 1.29 is 17.9 Å². The molecule has 1 rings (SSSR count). The van der Waals surface area contributed by atoms with Crippen molar-refractivity contribution >= 4 is 16.3 Å². The van der Waals surface area contributed by atoms with Gasteiger partial charge in [0, 0.05) is 12.6 Å². The van der Waals surface area contributed by atoms with Crippen molar-refractivity contribution in [1.82, 2.24) is 14.8 Å². The molecule has 0 aromatic carbocycles. The summed E-state index contributed by atoms with van der Waals surface area (Å²) in [7, 11) is -2.69. The van der Waals surface area contributed by atoms with Crippen LogP contribution in [-0.4, -0.2) is 40.8 Å². The molecule has 3 N–H and O–H groups in total. The van der Waals surface area contributed by atoms with E-state index in [2.05, 4.69) is 14.8 Å². The molecule has 1 unspecified atom stereocenters. The Balaban J connectivity index is 2.44. The van der Waals surface area contributed by atoms with Gasteiger partial charge >= 0.3 is 16.3 Å². The van der Waals surface area contributed by atoms with Crippen molar-refractivity contribution in [3.63, 3.8) is 0 Å². The molecular weight excluding hydrogens is 210 g/mol. The van der Waals surface area contributed by atoms with Crippen LogP contribution in [0, 0.1) is 0 Å². The molecule has 0 bridgehead atoms. The average Bonchev–Trinajstić information content (AvgIpc) is 2.54. The Hall–Kier alpha value is -0.860. The molecule has 0 aromatic rings. The van der Waals surface area contributed by atoms with Crippen LogP contribution in [0.5, 0.6) is 0 Å². The zero-order valence-electron chi connectivity index (χ0n) is 7.74. The molecule has 0 aromatic heterocycles. The molecule has 82 valence electrons. The van der Waals surface area contributed by atoms with E-state index in [-0.39, 0.29) is 6.04 Å². The van der Waals surface area contributed by atoms with Crippen molar-refractivity contribution in [2.45, 2.75) is 12.5 Å². The first kappa shape index (κ1) is 11.2. The molecule has 0 spiro atoms. The van der Waals surface area contributed by atoms with Gasteiger partial charge in [0.1, 0.15) is 0 Å². The van der Waals surface area contributed by atoms with E-state index in [9.17, 15) is 13.2 Å². The fourth-order valence-corrected chi connectivity index (χ4v) is 2.16. The molecule has 0 saturated carbocycles. The number of rotatable bonds is 3. The predicted octanol–water partition coefficient (Wildman–Crippen LogP) is -1.46. The summed E-state index contributed by atoms with van der Waals surface area (Å²) in [5, 5.41) is 2.99. The lowest BCUT2D eigenvalue weighted by molar-refractivity contribution is 0.177. The lowest BCUT2D eigenvalue weighted by Crippen LogP contribution is -2.45. The monoisotopic (exact) mass is 223 g/mol. The van der Waals surface area contributed by atoms with Gasteiger partial charge in [-0.2, -0.15) is 13.1 Å². The van der Waals surface area contributed by atoms with Gasteiger partial charge in [-0.3, -0.25) is 0 Å². The largest absolute Gasteiger partial charge is 0.452 e. The SMILES string of the molecule is COC(=O)NS(=O)(=O)NC1CCNC1. The number of carbonyl (C=O) groups is 1. The van der Waals surface area contributed by atoms with E-state index in [0.29, 0.717) is 13.0 Å². The maximum Gasteiger partial charge on any atom is 0.421 e. The predicted molar refractivity (Wildman–Crippen MR) is 48.9 cm³/mol. The Kier molecular flexibility index (Phi) is 3.67. The second-order valence-electron chi connectivity index (χ2n) is 2.90. The zero-order chi connectivity index (χ0) is 10.6. The summed E-state index contributed by atoms with van der Waals surface area (Å²) in [6.07, 6.45) is -0.286. The van der Waals surface area contributed by atoms with E-state index >= 15 is 0 Å². The topological polar surface area (TPSA) is 96.5 Å². The summed E-state index contributed by atoms with van der Waals surface area (Å²) in [6, 6.07) is -0.169. The van der Waals surface area contributed by atoms with Crippen molar-refractivity contribution in [2.24, 2.45) is 0 Å². The van der Waals surface area contributed by atoms with Gasteiger partial charge in [-0.05, 0) is 13.0 Å². The number of hydrogen-bond donors (Lipinski definition) is 3. The van der Waals surface area contributed by atoms with Crippen LogP contribution in [0.3, 0.4) is 0 Å². The Morgan fingerprint density at radius 3 is 2.79 bits per heavy atom. The molecule has 0 aliphatic carbocycles. The second-order valence-corrected chi connectivity index (χ2v) is 4.35. The number of methoxy groups -OCH3 is 1. The maximum absolute atomic E-state index is 11.2. The van der Waals surface area contributed by atoms with Crippen LogP contribution >= 0.6 is 0 Å². The average molecular weight is 223 g/mol. The third-order valence-corrected chi connectivity index (χ3v) is 2.86. The van der Waals surface area contributed by atoms with E-state index in [1.807, 2.05) is 0 Å². The van der Waals surface area contributed by atoms with Crippen molar-refractivity contribution in [3.8, 4) is 0 Å². The van der Waals surface area contributed by atoms with Crippen LogP contribution in [0.1, 0.15) is 6.42 Å². The Labute approximate surface area is 82.4 Å². The van der Waals surface area contributed by atoms with E-state index in [4.69, 9.17) is 0 Å². The van der Waals surface area contributed by atoms with E-state index in [1.165, 1.54) is 0 Å². The van der Waals surface area contributed by atoms with Gasteiger partial charge in [-0.15, -0.1) is 0 Å². The van der Waals surface area contributed by atoms with Crippen LogP contribution in [-0.2, 0) is 14.9 Å². The number of ether oxygens (including phenoxy) is 1. The fourth-order valence-electron chi connectivity index (χ4n) is 1.16. The van der Waals surface area contributed by atoms with Crippen LogP contribution in [0.4, 0.5) is 4.79 Å². The minimum atomic E-state index is -3.79. The zero-order valence-corrected chi connectivity index (χ0v) is 8.56. The number of amides is 1. The maximum atomic E-state index is 11.2. The first-order chi connectivity index (χ1) is 6.53. The lowest BCUT2D eigenvalue weighted by Gasteiger charge is -2.11. The van der Waals surface area contributed by atoms with Crippen LogP contribution < -0.4 is 14.8 Å². The molecular formula is C6H13N3O4S. The van der Waals surface area contributed by atoms with E-state index in [0.717, 1.165) is 13.7 Å². The highest BCUT2D eigenvalue weighted by molar-refractivity contribution is 7.88. The van der Waals surface area contributed by atoms with Gasteiger partial charge in [0.05, 0.1) is 7.11 Å². The first-order valence-electron chi connectivity index (χ1n) is 4.12. The number of hydrogen-bond acceptors (Lipinski definition) is 5. The highest BCUT2D eigenvalue weighted by Crippen LogP contribution is 1.98. The van der Waals surface area contributed by atoms with Gasteiger partial charge in [-0.1, -0.05) is 0 Å². The summed E-state index contributed by atoms with van der Waals surface area (Å²) >= 11 is 0. The molecule has 1 amide bonds. The molecule has 1 heterocycles. The third-order valence-electron chi connectivity index (χ3n) is 1.79. The van der Waals surface area contributed by atoms with Crippen molar-refractivity contribution in [3.05, 3.63) is 0 Å². The smallest absolute Gasteiger partial charge is 0.421 e. The van der Waals surface area contributed by atoms with Gasteiger partial charge in [0.25, 0.3) is 0 Å². The standard InChI is InChI=1S/C6H13N3O4S/c1-13-6(10)9-14(11,12)8-5-2-3-7-4-5/h5,7-8H,2-4H2,1H3,(H,9,10). The van der Waals surface area contributed by atoms with Gasteiger partial charge in [0.2, 0.25) is 0 Å².